The van der Waals surface area contributed by atoms with Crippen molar-refractivity contribution in [1.29, 1.82) is 0 Å². The van der Waals surface area contributed by atoms with Gasteiger partial charge in [0.1, 0.15) is 11.4 Å². The van der Waals surface area contributed by atoms with E-state index >= 15 is 0 Å². The van der Waals surface area contributed by atoms with Gasteiger partial charge < -0.3 is 15.4 Å². The third-order valence-corrected chi connectivity index (χ3v) is 3.97. The lowest BCUT2D eigenvalue weighted by Gasteiger charge is -2.35. The second-order valence-electron chi connectivity index (χ2n) is 5.61. The van der Waals surface area contributed by atoms with E-state index in [0.29, 0.717) is 12.1 Å². The van der Waals surface area contributed by atoms with Crippen LogP contribution in [0.3, 0.4) is 0 Å². The van der Waals surface area contributed by atoms with Crippen LogP contribution in [-0.4, -0.2) is 18.6 Å². The largest absolute Gasteiger partial charge is 0.478 e. The molecule has 4 nitrogen and oxygen atoms in total. The highest BCUT2D eigenvalue weighted by molar-refractivity contribution is 6.02. The Morgan fingerprint density at radius 3 is 2.67 bits per heavy atom. The molecule has 0 saturated carbocycles. The van der Waals surface area contributed by atoms with Crippen molar-refractivity contribution < 1.29 is 9.53 Å². The average molecular weight is 290 g/mol. The SMILES string of the molecule is CCCCCCCN1C(=O)C(CC)Oc2cccc(N)c21. The van der Waals surface area contributed by atoms with Crippen LogP contribution in [0.5, 0.6) is 5.75 Å². The number of anilines is 2. The predicted octanol–water partition coefficient (Wildman–Crippen LogP) is 3.74. The summed E-state index contributed by atoms with van der Waals surface area (Å²) in [7, 11) is 0. The molecule has 0 saturated heterocycles. The molecule has 1 heterocycles. The van der Waals surface area contributed by atoms with Crippen LogP contribution >= 0.6 is 0 Å². The fraction of sp³-hybridized carbons (Fsp3) is 0.588. The predicted molar refractivity (Wildman–Crippen MR) is 86.7 cm³/mol. The van der Waals surface area contributed by atoms with Crippen molar-refractivity contribution in [2.75, 3.05) is 17.2 Å². The topological polar surface area (TPSA) is 55.6 Å². The van der Waals surface area contributed by atoms with Crippen LogP contribution in [0.4, 0.5) is 11.4 Å². The molecule has 1 aromatic carbocycles. The molecule has 0 spiro atoms. The number of nitrogens with two attached hydrogens (primary N) is 1. The number of nitrogens with zero attached hydrogens (tertiary/aromatic N) is 1. The number of rotatable bonds is 7. The van der Waals surface area contributed by atoms with Gasteiger partial charge in [-0.25, -0.2) is 0 Å². The van der Waals surface area contributed by atoms with Gasteiger partial charge in [-0.3, -0.25) is 4.79 Å². The van der Waals surface area contributed by atoms with Crippen molar-refractivity contribution in [3.8, 4) is 5.75 Å². The number of fused-ring (bicyclic) bond motifs is 1. The molecule has 1 unspecified atom stereocenters. The molecule has 1 aromatic rings. The average Bonchev–Trinajstić information content (AvgIpc) is 2.49. The van der Waals surface area contributed by atoms with Gasteiger partial charge in [-0.2, -0.15) is 0 Å². The van der Waals surface area contributed by atoms with Gasteiger partial charge in [-0.15, -0.1) is 0 Å². The van der Waals surface area contributed by atoms with Gasteiger partial charge in [-0.1, -0.05) is 45.6 Å². The summed E-state index contributed by atoms with van der Waals surface area (Å²) >= 11 is 0. The lowest BCUT2D eigenvalue weighted by atomic mass is 10.1. The first kappa shape index (κ1) is 15.7. The number of ether oxygens (including phenoxy) is 1. The maximum Gasteiger partial charge on any atom is 0.268 e. The minimum atomic E-state index is -0.380. The van der Waals surface area contributed by atoms with E-state index in [9.17, 15) is 4.79 Å². The normalized spacial score (nSPS) is 17.5. The van der Waals surface area contributed by atoms with Crippen molar-refractivity contribution in [1.82, 2.24) is 0 Å². The molecule has 116 valence electrons. The van der Waals surface area contributed by atoms with Crippen LogP contribution in [0, 0.1) is 0 Å². The molecule has 2 N–H and O–H groups in total. The Bertz CT molecular complexity index is 488. The molecule has 0 fully saturated rings. The molecule has 21 heavy (non-hydrogen) atoms. The van der Waals surface area contributed by atoms with Crippen LogP contribution in [0.25, 0.3) is 0 Å². The maximum atomic E-state index is 12.5. The summed E-state index contributed by atoms with van der Waals surface area (Å²) < 4.78 is 5.78. The van der Waals surface area contributed by atoms with Crippen LogP contribution < -0.4 is 15.4 Å². The smallest absolute Gasteiger partial charge is 0.268 e. The maximum absolute atomic E-state index is 12.5. The number of para-hydroxylation sites is 1. The Balaban J connectivity index is 2.12. The zero-order chi connectivity index (χ0) is 15.2. The molecule has 4 heteroatoms. The Labute approximate surface area is 127 Å². The molecule has 1 aliphatic heterocycles. The van der Waals surface area contributed by atoms with E-state index in [1.165, 1.54) is 19.3 Å². The Hall–Kier alpha value is -1.71. The van der Waals surface area contributed by atoms with Crippen molar-refractivity contribution in [3.05, 3.63) is 18.2 Å². The van der Waals surface area contributed by atoms with Crippen molar-refractivity contribution in [2.45, 2.75) is 58.5 Å². The molecule has 2 rings (SSSR count). The quantitative estimate of drug-likeness (QED) is 0.614. The first-order chi connectivity index (χ1) is 10.2. The highest BCUT2D eigenvalue weighted by Crippen LogP contribution is 2.39. The van der Waals surface area contributed by atoms with Gasteiger partial charge in [0.2, 0.25) is 0 Å². The molecule has 0 bridgehead atoms. The van der Waals surface area contributed by atoms with Crippen molar-refractivity contribution >= 4 is 17.3 Å². The van der Waals surface area contributed by atoms with Gasteiger partial charge in [-0.05, 0) is 25.0 Å². The number of carbonyl (C=O) groups is 1. The van der Waals surface area contributed by atoms with E-state index < -0.39 is 0 Å². The van der Waals surface area contributed by atoms with Crippen LogP contribution in [0.15, 0.2) is 18.2 Å². The first-order valence-electron chi connectivity index (χ1n) is 8.05. The van der Waals surface area contributed by atoms with E-state index in [1.54, 1.807) is 0 Å². The molecule has 0 radical (unpaired) electrons. The Morgan fingerprint density at radius 1 is 1.19 bits per heavy atom. The van der Waals surface area contributed by atoms with E-state index in [0.717, 1.165) is 30.8 Å². The minimum absolute atomic E-state index is 0.0402. The summed E-state index contributed by atoms with van der Waals surface area (Å²) in [6, 6.07) is 5.59. The van der Waals surface area contributed by atoms with Gasteiger partial charge in [0, 0.05) is 6.54 Å². The molecular weight excluding hydrogens is 264 g/mol. The minimum Gasteiger partial charge on any atom is -0.478 e. The summed E-state index contributed by atoms with van der Waals surface area (Å²) in [5, 5.41) is 0. The monoisotopic (exact) mass is 290 g/mol. The highest BCUT2D eigenvalue weighted by atomic mass is 16.5. The van der Waals surface area contributed by atoms with Gasteiger partial charge in [0.05, 0.1) is 5.69 Å². The molecule has 1 amide bonds. The number of benzene rings is 1. The van der Waals surface area contributed by atoms with Crippen LogP contribution in [-0.2, 0) is 4.79 Å². The zero-order valence-corrected chi connectivity index (χ0v) is 13.1. The molecule has 1 atom stereocenters. The number of amides is 1. The Kier molecular flexibility index (Phi) is 5.48. The van der Waals surface area contributed by atoms with Crippen molar-refractivity contribution in [3.63, 3.8) is 0 Å². The highest BCUT2D eigenvalue weighted by Gasteiger charge is 2.34. The number of hydrogen-bond acceptors (Lipinski definition) is 3. The second-order valence-corrected chi connectivity index (χ2v) is 5.61. The molecular formula is C17H26N2O2. The number of carbonyl (C=O) groups excluding carboxylic acids is 1. The molecule has 0 aliphatic carbocycles. The van der Waals surface area contributed by atoms with Crippen LogP contribution in [0.1, 0.15) is 52.4 Å². The lowest BCUT2D eigenvalue weighted by Crippen LogP contribution is -2.46. The Morgan fingerprint density at radius 2 is 1.95 bits per heavy atom. The fourth-order valence-electron chi connectivity index (χ4n) is 2.76. The van der Waals surface area contributed by atoms with E-state index in [-0.39, 0.29) is 12.0 Å². The molecule has 0 aromatic heterocycles. The van der Waals surface area contributed by atoms with Gasteiger partial charge >= 0.3 is 0 Å². The van der Waals surface area contributed by atoms with E-state index in [2.05, 4.69) is 6.92 Å². The summed E-state index contributed by atoms with van der Waals surface area (Å²) in [5.74, 6) is 0.772. The number of unbranched alkanes of at least 4 members (excludes halogenated alkanes) is 4. The summed E-state index contributed by atoms with van der Waals surface area (Å²) in [5.41, 5.74) is 7.43. The zero-order valence-electron chi connectivity index (χ0n) is 13.1. The second kappa shape index (κ2) is 7.34. The molecule has 1 aliphatic rings. The summed E-state index contributed by atoms with van der Waals surface area (Å²) in [6.45, 7) is 4.90. The standard InChI is InChI=1S/C17H26N2O2/c1-3-5-6-7-8-12-19-16-13(18)10-9-11-15(16)21-14(4-2)17(19)20/h9-11,14H,3-8,12,18H2,1-2H3. The fourth-order valence-corrected chi connectivity index (χ4v) is 2.76. The van der Waals surface area contributed by atoms with E-state index in [1.807, 2.05) is 30.0 Å². The third-order valence-electron chi connectivity index (χ3n) is 3.97. The van der Waals surface area contributed by atoms with Gasteiger partial charge in [0.25, 0.3) is 5.91 Å². The van der Waals surface area contributed by atoms with Gasteiger partial charge in [0.15, 0.2) is 6.10 Å². The number of hydrogen-bond donors (Lipinski definition) is 1. The first-order valence-corrected chi connectivity index (χ1v) is 8.05. The van der Waals surface area contributed by atoms with E-state index in [4.69, 9.17) is 10.5 Å². The summed E-state index contributed by atoms with van der Waals surface area (Å²) in [6.07, 6.45) is 6.17. The lowest BCUT2D eigenvalue weighted by molar-refractivity contribution is -0.126. The third kappa shape index (κ3) is 3.49. The number of nitrogen functional groups attached to an aromatic ring is 1. The van der Waals surface area contributed by atoms with Crippen molar-refractivity contribution in [2.24, 2.45) is 0 Å². The summed E-state index contributed by atoms with van der Waals surface area (Å²) in [4.78, 5) is 14.4. The van der Waals surface area contributed by atoms with Crippen LogP contribution in [0.2, 0.25) is 0 Å².